The van der Waals surface area contributed by atoms with Gasteiger partial charge in [-0.1, -0.05) is 48.5 Å². The minimum absolute atomic E-state index is 0.112. The van der Waals surface area contributed by atoms with Crippen LogP contribution >= 0.6 is 0 Å². The molecule has 6 rings (SSSR count). The molecule has 0 radical (unpaired) electrons. The van der Waals surface area contributed by atoms with E-state index in [1.165, 1.54) is 47.5 Å². The largest absolute Gasteiger partial charge is 0.504 e. The zero-order valence-corrected chi connectivity index (χ0v) is 31.7. The van der Waals surface area contributed by atoms with E-state index in [-0.39, 0.29) is 34.8 Å². The van der Waals surface area contributed by atoms with Crippen LogP contribution in [0.4, 0.5) is 4.79 Å². The van der Waals surface area contributed by atoms with Crippen LogP contribution in [0.5, 0.6) is 23.0 Å². The highest BCUT2D eigenvalue weighted by molar-refractivity contribution is 5.95. The fourth-order valence-electron chi connectivity index (χ4n) is 6.93. The Hall–Kier alpha value is -5.75. The van der Waals surface area contributed by atoms with Crippen molar-refractivity contribution in [3.63, 3.8) is 0 Å². The highest BCUT2D eigenvalue weighted by atomic mass is 16.6. The second-order valence-corrected chi connectivity index (χ2v) is 15.1. The van der Waals surface area contributed by atoms with Gasteiger partial charge in [-0.2, -0.15) is 0 Å². The summed E-state index contributed by atoms with van der Waals surface area (Å²) < 4.78 is 5.27. The van der Waals surface area contributed by atoms with Crippen molar-refractivity contribution in [2.24, 2.45) is 5.73 Å². The van der Waals surface area contributed by atoms with Crippen molar-refractivity contribution in [1.29, 1.82) is 0 Å². The number of phenols is 4. The number of hydrogen-bond acceptors (Lipinski definition) is 9. The topological polar surface area (TPSA) is 186 Å². The fourth-order valence-corrected chi connectivity index (χ4v) is 6.93. The molecule has 7 N–H and O–H groups in total. The molecule has 2 saturated heterocycles. The molecule has 55 heavy (non-hydrogen) atoms. The first-order chi connectivity index (χ1) is 26.2. The van der Waals surface area contributed by atoms with Crippen LogP contribution < -0.4 is 11.1 Å². The normalized spacial score (nSPS) is 15.1. The lowest BCUT2D eigenvalue weighted by Gasteiger charge is -2.32. The van der Waals surface area contributed by atoms with E-state index in [2.05, 4.69) is 29.6 Å². The third-order valence-electron chi connectivity index (χ3n) is 9.93. The van der Waals surface area contributed by atoms with E-state index >= 15 is 0 Å². The first kappa shape index (κ1) is 40.4. The summed E-state index contributed by atoms with van der Waals surface area (Å²) in [5.74, 6) is -0.510. The van der Waals surface area contributed by atoms with Crippen molar-refractivity contribution in [3.8, 4) is 23.0 Å². The number of phenolic OH excluding ortho intramolecular Hbond substituents is 4. The van der Waals surface area contributed by atoms with E-state index in [1.54, 1.807) is 9.80 Å². The first-order valence-electron chi connectivity index (χ1n) is 18.7. The minimum atomic E-state index is -0.532. The molecule has 2 aliphatic rings. The molecule has 4 aromatic carbocycles. The van der Waals surface area contributed by atoms with Gasteiger partial charge in [0, 0.05) is 50.4 Å². The monoisotopic (exact) mass is 752 g/mol. The predicted molar refractivity (Wildman–Crippen MR) is 209 cm³/mol. The highest BCUT2D eigenvalue weighted by Crippen LogP contribution is 2.32. The Kier molecular flexibility index (Phi) is 13.3. The number of likely N-dealkylation sites (tertiary alicyclic amines) is 2. The van der Waals surface area contributed by atoms with Crippen LogP contribution in [0.15, 0.2) is 84.9 Å². The lowest BCUT2D eigenvalue weighted by molar-refractivity contribution is 0.0522. The maximum absolute atomic E-state index is 12.7. The second kappa shape index (κ2) is 18.1. The SMILES string of the molecule is CC(C)(C)OC(=O)NCc1cccc(C2CCN(C(=O)c3ccc(O)c(O)c3)CC2)c1.NCc1cccc(C2CCN(C(=O)c3ccc(O)c(O)c3)CC2)c1. The van der Waals surface area contributed by atoms with Gasteiger partial charge in [-0.15, -0.1) is 0 Å². The maximum Gasteiger partial charge on any atom is 0.407 e. The standard InChI is InChI=1S/C24H30N2O5.C19H22N2O3/c1-24(2,3)31-23(30)25-15-16-5-4-6-18(13-16)17-9-11-26(12-10-17)22(29)19-7-8-20(27)21(28)14-19;20-12-13-2-1-3-15(10-13)14-6-8-21(9-7-14)19(24)16-4-5-17(22)18(23)11-16/h4-8,13-14,17,27-28H,9-12,15H2,1-3H3,(H,25,30);1-5,10-11,14,22-23H,6-9,12,20H2. The Morgan fingerprint density at radius 2 is 1.09 bits per heavy atom. The molecule has 12 heteroatoms. The van der Waals surface area contributed by atoms with E-state index in [4.69, 9.17) is 10.5 Å². The van der Waals surface area contributed by atoms with E-state index in [0.29, 0.717) is 62.2 Å². The molecule has 0 unspecified atom stereocenters. The number of carbonyl (C=O) groups excluding carboxylic acids is 3. The van der Waals surface area contributed by atoms with Crippen LogP contribution in [0, 0.1) is 0 Å². The summed E-state index contributed by atoms with van der Waals surface area (Å²) >= 11 is 0. The van der Waals surface area contributed by atoms with Crippen LogP contribution in [0.25, 0.3) is 0 Å². The molecule has 12 nitrogen and oxygen atoms in total. The van der Waals surface area contributed by atoms with Crippen molar-refractivity contribution in [1.82, 2.24) is 15.1 Å². The summed E-state index contributed by atoms with van der Waals surface area (Å²) in [6.45, 7) is 9.01. The molecule has 292 valence electrons. The summed E-state index contributed by atoms with van der Waals surface area (Å²) in [7, 11) is 0. The molecule has 2 aliphatic heterocycles. The van der Waals surface area contributed by atoms with Gasteiger partial charge >= 0.3 is 6.09 Å². The zero-order chi connectivity index (χ0) is 39.7. The van der Waals surface area contributed by atoms with E-state index in [1.807, 2.05) is 45.0 Å². The third kappa shape index (κ3) is 11.1. The lowest BCUT2D eigenvalue weighted by Crippen LogP contribution is -2.37. The Morgan fingerprint density at radius 1 is 0.655 bits per heavy atom. The Labute approximate surface area is 322 Å². The predicted octanol–water partition coefficient (Wildman–Crippen LogP) is 6.72. The Bertz CT molecular complexity index is 1960. The molecule has 0 aliphatic carbocycles. The number of carbonyl (C=O) groups is 3. The van der Waals surface area contributed by atoms with Crippen molar-refractivity contribution < 1.29 is 39.5 Å². The number of alkyl carbamates (subject to hydrolysis) is 1. The van der Waals surface area contributed by atoms with Gasteiger partial charge in [-0.05, 0) is 117 Å². The second-order valence-electron chi connectivity index (χ2n) is 15.1. The fraction of sp³-hybridized carbons (Fsp3) is 0.372. The summed E-state index contributed by atoms with van der Waals surface area (Å²) in [4.78, 5) is 40.7. The van der Waals surface area contributed by atoms with Crippen LogP contribution in [-0.4, -0.2) is 79.9 Å². The number of nitrogens with two attached hydrogens (primary N) is 1. The van der Waals surface area contributed by atoms with Crippen LogP contribution in [-0.2, 0) is 17.8 Å². The minimum Gasteiger partial charge on any atom is -0.504 e. The Morgan fingerprint density at radius 3 is 1.51 bits per heavy atom. The van der Waals surface area contributed by atoms with Gasteiger partial charge in [0.15, 0.2) is 23.0 Å². The van der Waals surface area contributed by atoms with Gasteiger partial charge in [0.05, 0.1) is 0 Å². The van der Waals surface area contributed by atoms with Crippen molar-refractivity contribution in [2.75, 3.05) is 26.2 Å². The van der Waals surface area contributed by atoms with Gasteiger partial charge in [0.1, 0.15) is 5.60 Å². The number of piperidine rings is 2. The smallest absolute Gasteiger partial charge is 0.407 e. The van der Waals surface area contributed by atoms with Crippen LogP contribution in [0.1, 0.15) is 101 Å². The number of aromatic hydroxyl groups is 4. The average Bonchev–Trinajstić information content (AvgIpc) is 3.18. The number of ether oxygens (including phenoxy) is 1. The van der Waals surface area contributed by atoms with Crippen LogP contribution in [0.3, 0.4) is 0 Å². The van der Waals surface area contributed by atoms with Crippen molar-refractivity contribution in [3.05, 3.63) is 118 Å². The van der Waals surface area contributed by atoms with E-state index < -0.39 is 11.7 Å². The molecular weight excluding hydrogens is 700 g/mol. The molecule has 0 aromatic heterocycles. The molecule has 4 aromatic rings. The van der Waals surface area contributed by atoms with Gasteiger partial charge < -0.3 is 46.0 Å². The molecule has 3 amide bonds. The van der Waals surface area contributed by atoms with Gasteiger partial charge in [0.2, 0.25) is 0 Å². The lowest BCUT2D eigenvalue weighted by atomic mass is 9.88. The first-order valence-corrected chi connectivity index (χ1v) is 18.7. The average molecular weight is 753 g/mol. The maximum atomic E-state index is 12.7. The molecule has 0 bridgehead atoms. The molecule has 2 heterocycles. The summed E-state index contributed by atoms with van der Waals surface area (Å²) in [5.41, 5.74) is 10.5. The van der Waals surface area contributed by atoms with Crippen molar-refractivity contribution in [2.45, 2.75) is 77.0 Å². The molecular formula is C43H52N4O8. The number of nitrogens with zero attached hydrogens (tertiary/aromatic N) is 2. The molecule has 2 fully saturated rings. The van der Waals surface area contributed by atoms with Gasteiger partial charge in [-0.25, -0.2) is 4.79 Å². The Balaban J connectivity index is 0.000000218. The number of nitrogens with one attached hydrogen (secondary N) is 1. The summed E-state index contributed by atoms with van der Waals surface area (Å²) in [5, 5.41) is 40.8. The zero-order valence-electron chi connectivity index (χ0n) is 31.7. The van der Waals surface area contributed by atoms with Gasteiger partial charge in [-0.3, -0.25) is 9.59 Å². The van der Waals surface area contributed by atoms with Crippen LogP contribution in [0.2, 0.25) is 0 Å². The summed E-state index contributed by atoms with van der Waals surface area (Å²) in [6, 6.07) is 24.8. The molecule has 0 spiro atoms. The highest BCUT2D eigenvalue weighted by Gasteiger charge is 2.27. The van der Waals surface area contributed by atoms with Crippen molar-refractivity contribution >= 4 is 17.9 Å². The third-order valence-corrected chi connectivity index (χ3v) is 9.93. The van der Waals surface area contributed by atoms with E-state index in [0.717, 1.165) is 36.8 Å². The number of rotatable bonds is 7. The molecule has 0 atom stereocenters. The number of amides is 3. The van der Waals surface area contributed by atoms with Gasteiger partial charge in [0.25, 0.3) is 11.8 Å². The number of hydrogen-bond donors (Lipinski definition) is 6. The molecule has 0 saturated carbocycles. The summed E-state index contributed by atoms with van der Waals surface area (Å²) in [6.07, 6.45) is 3.04. The quantitative estimate of drug-likeness (QED) is 0.112. The van der Waals surface area contributed by atoms with E-state index in [9.17, 15) is 34.8 Å². The number of benzene rings is 4.